The van der Waals surface area contributed by atoms with Crippen molar-refractivity contribution in [1.82, 2.24) is 10.6 Å². The number of rotatable bonds is 7. The highest BCUT2D eigenvalue weighted by atomic mass is 19.1. The lowest BCUT2D eigenvalue weighted by atomic mass is 10.1. The van der Waals surface area contributed by atoms with Gasteiger partial charge in [0, 0.05) is 25.0 Å². The molecule has 0 heterocycles. The Morgan fingerprint density at radius 1 is 1.37 bits per heavy atom. The molecule has 4 heteroatoms. The topological polar surface area (TPSA) is 41.1 Å². The molecule has 0 bridgehead atoms. The Kier molecular flexibility index (Phi) is 6.50. The lowest BCUT2D eigenvalue weighted by Crippen LogP contribution is -2.34. The SMILES string of the molecule is CCC(C)NC(=O)CCNC(C)c1cccc(F)c1. The van der Waals surface area contributed by atoms with Crippen molar-refractivity contribution in [1.29, 1.82) is 0 Å². The van der Waals surface area contributed by atoms with E-state index in [2.05, 4.69) is 10.6 Å². The molecular weight excluding hydrogens is 243 g/mol. The lowest BCUT2D eigenvalue weighted by molar-refractivity contribution is -0.121. The van der Waals surface area contributed by atoms with Crippen LogP contribution < -0.4 is 10.6 Å². The zero-order valence-electron chi connectivity index (χ0n) is 11.9. The first-order chi connectivity index (χ1) is 9.02. The summed E-state index contributed by atoms with van der Waals surface area (Å²) in [6, 6.07) is 6.76. The van der Waals surface area contributed by atoms with E-state index in [4.69, 9.17) is 0 Å². The average molecular weight is 266 g/mol. The molecule has 2 N–H and O–H groups in total. The van der Waals surface area contributed by atoms with E-state index in [1.165, 1.54) is 12.1 Å². The summed E-state index contributed by atoms with van der Waals surface area (Å²) >= 11 is 0. The van der Waals surface area contributed by atoms with Gasteiger partial charge in [-0.05, 0) is 38.0 Å². The van der Waals surface area contributed by atoms with Gasteiger partial charge in [0.25, 0.3) is 0 Å². The third-order valence-electron chi connectivity index (χ3n) is 3.17. The van der Waals surface area contributed by atoms with Crippen LogP contribution in [-0.2, 0) is 4.79 Å². The fourth-order valence-corrected chi connectivity index (χ4v) is 1.75. The second-order valence-corrected chi connectivity index (χ2v) is 4.86. The molecule has 2 atom stereocenters. The van der Waals surface area contributed by atoms with Crippen molar-refractivity contribution < 1.29 is 9.18 Å². The number of hydrogen-bond donors (Lipinski definition) is 2. The van der Waals surface area contributed by atoms with E-state index in [1.54, 1.807) is 6.07 Å². The fourth-order valence-electron chi connectivity index (χ4n) is 1.75. The van der Waals surface area contributed by atoms with E-state index >= 15 is 0 Å². The van der Waals surface area contributed by atoms with Gasteiger partial charge in [-0.1, -0.05) is 19.1 Å². The number of amides is 1. The Hall–Kier alpha value is -1.42. The molecule has 0 aliphatic rings. The van der Waals surface area contributed by atoms with Gasteiger partial charge in [-0.2, -0.15) is 0 Å². The van der Waals surface area contributed by atoms with E-state index in [-0.39, 0.29) is 23.8 Å². The molecule has 1 aromatic rings. The summed E-state index contributed by atoms with van der Waals surface area (Å²) in [7, 11) is 0. The van der Waals surface area contributed by atoms with Gasteiger partial charge >= 0.3 is 0 Å². The predicted octanol–water partition coefficient (Wildman–Crippen LogP) is 2.78. The molecule has 0 saturated carbocycles. The van der Waals surface area contributed by atoms with E-state index in [0.717, 1.165) is 12.0 Å². The van der Waals surface area contributed by atoms with Crippen molar-refractivity contribution in [2.75, 3.05) is 6.54 Å². The van der Waals surface area contributed by atoms with Crippen LogP contribution in [0.15, 0.2) is 24.3 Å². The van der Waals surface area contributed by atoms with Crippen LogP contribution in [0.25, 0.3) is 0 Å². The summed E-state index contributed by atoms with van der Waals surface area (Å²) in [5, 5.41) is 6.13. The predicted molar refractivity (Wildman–Crippen MR) is 75.3 cm³/mol. The van der Waals surface area contributed by atoms with Crippen molar-refractivity contribution in [3.63, 3.8) is 0 Å². The smallest absolute Gasteiger partial charge is 0.221 e. The van der Waals surface area contributed by atoms with Crippen LogP contribution in [0, 0.1) is 5.82 Å². The number of halogens is 1. The Bertz CT molecular complexity index is 409. The van der Waals surface area contributed by atoms with Crippen LogP contribution in [0.4, 0.5) is 4.39 Å². The van der Waals surface area contributed by atoms with Crippen LogP contribution in [-0.4, -0.2) is 18.5 Å². The molecule has 0 aliphatic heterocycles. The molecular formula is C15H23FN2O. The maximum Gasteiger partial charge on any atom is 0.221 e. The van der Waals surface area contributed by atoms with Crippen LogP contribution in [0.1, 0.15) is 45.2 Å². The summed E-state index contributed by atoms with van der Waals surface area (Å²) in [5.41, 5.74) is 0.891. The van der Waals surface area contributed by atoms with E-state index in [1.807, 2.05) is 26.8 Å². The average Bonchev–Trinajstić information content (AvgIpc) is 2.38. The van der Waals surface area contributed by atoms with Gasteiger partial charge in [-0.3, -0.25) is 4.79 Å². The second kappa shape index (κ2) is 7.89. The molecule has 19 heavy (non-hydrogen) atoms. The van der Waals surface area contributed by atoms with E-state index < -0.39 is 0 Å². The van der Waals surface area contributed by atoms with Crippen LogP contribution in [0.2, 0.25) is 0 Å². The maximum absolute atomic E-state index is 13.1. The van der Waals surface area contributed by atoms with Gasteiger partial charge in [0.1, 0.15) is 5.82 Å². The van der Waals surface area contributed by atoms with Gasteiger partial charge in [-0.25, -0.2) is 4.39 Å². The first-order valence-electron chi connectivity index (χ1n) is 6.81. The van der Waals surface area contributed by atoms with Gasteiger partial charge < -0.3 is 10.6 Å². The molecule has 0 aliphatic carbocycles. The zero-order valence-corrected chi connectivity index (χ0v) is 11.9. The maximum atomic E-state index is 13.1. The van der Waals surface area contributed by atoms with Gasteiger partial charge in [0.15, 0.2) is 0 Å². The Morgan fingerprint density at radius 3 is 2.74 bits per heavy atom. The fraction of sp³-hybridized carbons (Fsp3) is 0.533. The normalized spacial score (nSPS) is 13.9. The summed E-state index contributed by atoms with van der Waals surface area (Å²) in [5.74, 6) is -0.186. The van der Waals surface area contributed by atoms with Crippen molar-refractivity contribution in [2.24, 2.45) is 0 Å². The summed E-state index contributed by atoms with van der Waals surface area (Å²) < 4.78 is 13.1. The quantitative estimate of drug-likeness (QED) is 0.796. The van der Waals surface area contributed by atoms with E-state index in [0.29, 0.717) is 13.0 Å². The molecule has 106 valence electrons. The largest absolute Gasteiger partial charge is 0.354 e. The minimum atomic E-state index is -0.235. The monoisotopic (exact) mass is 266 g/mol. The minimum Gasteiger partial charge on any atom is -0.354 e. The first-order valence-corrected chi connectivity index (χ1v) is 6.81. The standard InChI is InChI=1S/C15H23FN2O/c1-4-11(2)18-15(19)8-9-17-12(3)13-6-5-7-14(16)10-13/h5-7,10-12,17H,4,8-9H2,1-3H3,(H,18,19). The number of benzene rings is 1. The Balaban J connectivity index is 2.31. The molecule has 2 unspecified atom stereocenters. The summed E-state index contributed by atoms with van der Waals surface area (Å²) in [6.07, 6.45) is 1.36. The highest BCUT2D eigenvalue weighted by Gasteiger charge is 2.08. The van der Waals surface area contributed by atoms with Gasteiger partial charge in [-0.15, -0.1) is 0 Å². The lowest BCUT2D eigenvalue weighted by Gasteiger charge is -2.15. The van der Waals surface area contributed by atoms with Crippen LogP contribution in [0.3, 0.4) is 0 Å². The molecule has 0 radical (unpaired) electrons. The third-order valence-corrected chi connectivity index (χ3v) is 3.17. The molecule has 3 nitrogen and oxygen atoms in total. The first kappa shape index (κ1) is 15.6. The highest BCUT2D eigenvalue weighted by Crippen LogP contribution is 2.13. The van der Waals surface area contributed by atoms with Crippen LogP contribution in [0.5, 0.6) is 0 Å². The van der Waals surface area contributed by atoms with Crippen molar-refractivity contribution >= 4 is 5.91 Å². The Morgan fingerprint density at radius 2 is 2.11 bits per heavy atom. The molecule has 1 amide bonds. The minimum absolute atomic E-state index is 0.0344. The molecule has 0 aromatic heterocycles. The van der Waals surface area contributed by atoms with Gasteiger partial charge in [0.05, 0.1) is 0 Å². The van der Waals surface area contributed by atoms with Crippen molar-refractivity contribution in [3.05, 3.63) is 35.6 Å². The number of hydrogen-bond acceptors (Lipinski definition) is 2. The van der Waals surface area contributed by atoms with Crippen molar-refractivity contribution in [3.8, 4) is 0 Å². The molecule has 0 fully saturated rings. The Labute approximate surface area is 114 Å². The highest BCUT2D eigenvalue weighted by molar-refractivity contribution is 5.76. The van der Waals surface area contributed by atoms with Crippen LogP contribution >= 0.6 is 0 Å². The summed E-state index contributed by atoms with van der Waals surface area (Å²) in [4.78, 5) is 11.6. The second-order valence-electron chi connectivity index (χ2n) is 4.86. The molecule has 0 saturated heterocycles. The third kappa shape index (κ3) is 5.83. The molecule has 0 spiro atoms. The van der Waals surface area contributed by atoms with Gasteiger partial charge in [0.2, 0.25) is 5.91 Å². The molecule has 1 aromatic carbocycles. The summed E-state index contributed by atoms with van der Waals surface area (Å²) in [6.45, 7) is 6.57. The molecule has 1 rings (SSSR count). The zero-order chi connectivity index (χ0) is 14.3. The number of carbonyl (C=O) groups excluding carboxylic acids is 1. The number of carbonyl (C=O) groups is 1. The number of nitrogens with one attached hydrogen (secondary N) is 2. The van der Waals surface area contributed by atoms with E-state index in [9.17, 15) is 9.18 Å². The van der Waals surface area contributed by atoms with Crippen molar-refractivity contribution in [2.45, 2.75) is 45.7 Å².